The van der Waals surface area contributed by atoms with E-state index in [0.717, 1.165) is 0 Å². The average molecular weight is 300 g/mol. The van der Waals surface area contributed by atoms with Crippen molar-refractivity contribution in [3.05, 3.63) is 0 Å². The van der Waals surface area contributed by atoms with Crippen LogP contribution in [-0.4, -0.2) is 45.5 Å². The Hall–Kier alpha value is 0.00688. The van der Waals surface area contributed by atoms with Crippen LogP contribution in [0.3, 0.4) is 0 Å². The fourth-order valence-electron chi connectivity index (χ4n) is 1.49. The summed E-state index contributed by atoms with van der Waals surface area (Å²) in [6, 6.07) is 0. The highest BCUT2D eigenvalue weighted by Crippen LogP contribution is 2.19. The smallest absolute Gasteiger partial charge is 0.370 e. The predicted octanol–water partition coefficient (Wildman–Crippen LogP) is 1.63. The molecule has 0 aromatic carbocycles. The third-order valence-corrected chi connectivity index (χ3v) is 6.97. The Morgan fingerprint density at radius 3 is 1.33 bits per heavy atom. The summed E-state index contributed by atoms with van der Waals surface area (Å²) in [5.74, 6) is 0. The van der Waals surface area contributed by atoms with Gasteiger partial charge in [0.2, 0.25) is 0 Å². The molecule has 0 aromatic rings. The van der Waals surface area contributed by atoms with Crippen LogP contribution in [0.2, 0.25) is 0 Å². The molecule has 0 rings (SSSR count). The topological polar surface area (TPSA) is 82.1 Å². The highest BCUT2D eigenvalue weighted by molar-refractivity contribution is 7.87. The lowest BCUT2D eigenvalue weighted by Crippen LogP contribution is -2.56. The van der Waals surface area contributed by atoms with Crippen LogP contribution in [0.15, 0.2) is 0 Å². The average Bonchev–Trinajstić information content (AvgIpc) is 1.92. The van der Waals surface area contributed by atoms with E-state index in [1.807, 2.05) is 0 Å². The monoisotopic (exact) mass is 300 g/mol. The molecule has 6 nitrogen and oxygen atoms in total. The van der Waals surface area contributed by atoms with Crippen molar-refractivity contribution in [3.63, 3.8) is 0 Å². The van der Waals surface area contributed by atoms with Crippen LogP contribution in [0, 0.1) is 0 Å². The second-order valence-corrected chi connectivity index (χ2v) is 9.30. The van der Waals surface area contributed by atoms with E-state index in [1.54, 1.807) is 41.5 Å². The number of rotatable bonds is 8. The van der Waals surface area contributed by atoms with E-state index in [1.165, 1.54) is 0 Å². The van der Waals surface area contributed by atoms with Gasteiger partial charge >= 0.3 is 8.80 Å². The molecule has 0 fully saturated rings. The lowest BCUT2D eigenvalue weighted by atomic mass is 10.5. The van der Waals surface area contributed by atoms with Gasteiger partial charge in [-0.05, 0) is 41.5 Å². The Labute approximate surface area is 111 Å². The first-order valence-electron chi connectivity index (χ1n) is 5.94. The van der Waals surface area contributed by atoms with Crippen molar-refractivity contribution in [2.45, 2.75) is 59.9 Å². The van der Waals surface area contributed by atoms with Crippen LogP contribution < -0.4 is 0 Å². The Kier molecular flexibility index (Phi) is 6.97. The molecule has 0 spiro atoms. The van der Waals surface area contributed by atoms with Crippen LogP contribution in [0.1, 0.15) is 41.5 Å². The SMILES string of the molecule is CC(C)O[Si](CS(=O)(=O)O)(OC(C)C)OC(C)C. The Balaban J connectivity index is 5.23. The largest absolute Gasteiger partial charge is 0.519 e. The lowest BCUT2D eigenvalue weighted by Gasteiger charge is -2.33. The zero-order valence-corrected chi connectivity index (χ0v) is 13.7. The van der Waals surface area contributed by atoms with Gasteiger partial charge in [0.25, 0.3) is 10.1 Å². The molecule has 110 valence electrons. The fourth-order valence-corrected chi connectivity index (χ4v) is 6.41. The zero-order chi connectivity index (χ0) is 14.6. The minimum Gasteiger partial charge on any atom is -0.370 e. The highest BCUT2D eigenvalue weighted by Gasteiger charge is 2.48. The van der Waals surface area contributed by atoms with E-state index in [-0.39, 0.29) is 18.3 Å². The van der Waals surface area contributed by atoms with Gasteiger partial charge in [0, 0.05) is 18.3 Å². The first-order valence-corrected chi connectivity index (χ1v) is 9.48. The van der Waals surface area contributed by atoms with Crippen molar-refractivity contribution in [1.29, 1.82) is 0 Å². The van der Waals surface area contributed by atoms with Crippen molar-refractivity contribution in [2.24, 2.45) is 0 Å². The molecule has 0 aliphatic rings. The van der Waals surface area contributed by atoms with Gasteiger partial charge in [-0.15, -0.1) is 0 Å². The van der Waals surface area contributed by atoms with Crippen LogP contribution in [0.25, 0.3) is 0 Å². The van der Waals surface area contributed by atoms with Crippen molar-refractivity contribution in [1.82, 2.24) is 0 Å². The Morgan fingerprint density at radius 2 is 1.17 bits per heavy atom. The van der Waals surface area contributed by atoms with Crippen LogP contribution in [-0.2, 0) is 23.4 Å². The van der Waals surface area contributed by atoms with E-state index in [9.17, 15) is 8.42 Å². The van der Waals surface area contributed by atoms with E-state index in [0.29, 0.717) is 0 Å². The maximum Gasteiger partial charge on any atom is 0.519 e. The van der Waals surface area contributed by atoms with Gasteiger partial charge in [-0.1, -0.05) is 0 Å². The van der Waals surface area contributed by atoms with Crippen LogP contribution in [0.5, 0.6) is 0 Å². The third kappa shape index (κ3) is 8.17. The standard InChI is InChI=1S/C10H24O6SSi/c1-8(2)14-18(15-9(3)4,16-10(5)6)7-17(11,12)13/h8-10H,7H2,1-6H3,(H,11,12,13). The Morgan fingerprint density at radius 1 is 0.889 bits per heavy atom. The molecule has 0 heterocycles. The summed E-state index contributed by atoms with van der Waals surface area (Å²) in [5.41, 5.74) is 0. The predicted molar refractivity (Wildman–Crippen MR) is 70.8 cm³/mol. The van der Waals surface area contributed by atoms with Gasteiger partial charge in [0.05, 0.1) is 0 Å². The first-order chi connectivity index (χ1) is 7.96. The van der Waals surface area contributed by atoms with E-state index >= 15 is 0 Å². The van der Waals surface area contributed by atoms with Gasteiger partial charge in [-0.2, -0.15) is 8.42 Å². The van der Waals surface area contributed by atoms with Gasteiger partial charge in [-0.3, -0.25) is 4.55 Å². The van der Waals surface area contributed by atoms with E-state index in [4.69, 9.17) is 17.8 Å². The molecule has 0 saturated heterocycles. The summed E-state index contributed by atoms with van der Waals surface area (Å²) in [6.07, 6.45) is -0.761. The molecule has 18 heavy (non-hydrogen) atoms. The molecule has 0 aliphatic carbocycles. The van der Waals surface area contributed by atoms with Gasteiger partial charge in [0.1, 0.15) is 5.38 Å². The van der Waals surface area contributed by atoms with Crippen molar-refractivity contribution in [2.75, 3.05) is 5.38 Å². The normalized spacial score (nSPS) is 13.9. The summed E-state index contributed by atoms with van der Waals surface area (Å²) in [7, 11) is -7.69. The molecule has 0 aromatic heterocycles. The number of hydrogen-bond donors (Lipinski definition) is 1. The maximum atomic E-state index is 11.1. The molecule has 0 atom stereocenters. The van der Waals surface area contributed by atoms with E-state index in [2.05, 4.69) is 0 Å². The highest BCUT2D eigenvalue weighted by atomic mass is 32.2. The lowest BCUT2D eigenvalue weighted by molar-refractivity contribution is 0.00745. The molecule has 0 bridgehead atoms. The molecule has 0 unspecified atom stereocenters. The summed E-state index contributed by atoms with van der Waals surface area (Å²) >= 11 is 0. The fraction of sp³-hybridized carbons (Fsp3) is 1.00. The molecule has 0 saturated carbocycles. The van der Waals surface area contributed by atoms with Gasteiger partial charge < -0.3 is 13.3 Å². The summed E-state index contributed by atoms with van der Waals surface area (Å²) in [4.78, 5) is 0. The minimum absolute atomic E-state index is 0.254. The minimum atomic E-state index is -4.23. The van der Waals surface area contributed by atoms with Crippen molar-refractivity contribution < 1.29 is 26.2 Å². The first kappa shape index (κ1) is 18.0. The Bertz CT molecular complexity index is 312. The molecule has 0 aliphatic heterocycles. The second-order valence-electron chi connectivity index (χ2n) is 4.91. The summed E-state index contributed by atoms with van der Waals surface area (Å²) in [5, 5.41) is -0.630. The van der Waals surface area contributed by atoms with Crippen LogP contribution >= 0.6 is 0 Å². The second kappa shape index (κ2) is 6.97. The zero-order valence-electron chi connectivity index (χ0n) is 11.8. The summed E-state index contributed by atoms with van der Waals surface area (Å²) < 4.78 is 48.1. The molecule has 8 heteroatoms. The molecule has 0 amide bonds. The van der Waals surface area contributed by atoms with Gasteiger partial charge in [-0.25, -0.2) is 0 Å². The van der Waals surface area contributed by atoms with Crippen molar-refractivity contribution >= 4 is 18.9 Å². The molecule has 1 N–H and O–H groups in total. The van der Waals surface area contributed by atoms with Crippen LogP contribution in [0.4, 0.5) is 0 Å². The molecular formula is C10H24O6SSi. The third-order valence-electron chi connectivity index (χ3n) is 1.60. The van der Waals surface area contributed by atoms with Crippen molar-refractivity contribution in [3.8, 4) is 0 Å². The molecule has 0 radical (unpaired) electrons. The van der Waals surface area contributed by atoms with E-state index < -0.39 is 24.3 Å². The van der Waals surface area contributed by atoms with Gasteiger partial charge in [0.15, 0.2) is 0 Å². The molecular weight excluding hydrogens is 276 g/mol. The number of hydrogen-bond acceptors (Lipinski definition) is 5. The summed E-state index contributed by atoms with van der Waals surface area (Å²) in [6.45, 7) is 10.6. The maximum absolute atomic E-state index is 11.1. The quantitative estimate of drug-likeness (QED) is 0.542.